The summed E-state index contributed by atoms with van der Waals surface area (Å²) in [7, 11) is 2.68. The number of methoxy groups -OCH3 is 2. The van der Waals surface area contributed by atoms with E-state index in [9.17, 15) is 9.18 Å². The number of ether oxygens (including phenoxy) is 2. The van der Waals surface area contributed by atoms with Gasteiger partial charge >= 0.3 is 5.97 Å². The first kappa shape index (κ1) is 13.2. The number of carbonyl (C=O) groups is 1. The predicted molar refractivity (Wildman–Crippen MR) is 58.7 cm³/mol. The van der Waals surface area contributed by atoms with E-state index in [1.807, 2.05) is 0 Å². The number of nitrogens with two attached hydrogens (primary N) is 1. The maximum atomic E-state index is 13.4. The molecule has 1 atom stereocenters. The lowest BCUT2D eigenvalue weighted by molar-refractivity contribution is -0.137. The van der Waals surface area contributed by atoms with Crippen molar-refractivity contribution < 1.29 is 23.8 Å². The number of carboxylic acids is 1. The molecule has 94 valence electrons. The van der Waals surface area contributed by atoms with Gasteiger partial charge in [-0.3, -0.25) is 4.79 Å². The van der Waals surface area contributed by atoms with Gasteiger partial charge in [0.05, 0.1) is 20.6 Å². The van der Waals surface area contributed by atoms with Gasteiger partial charge in [0.2, 0.25) is 0 Å². The molecule has 0 aliphatic heterocycles. The summed E-state index contributed by atoms with van der Waals surface area (Å²) in [6.07, 6.45) is -0.273. The van der Waals surface area contributed by atoms with Crippen LogP contribution in [0.2, 0.25) is 0 Å². The monoisotopic (exact) mass is 243 g/mol. The van der Waals surface area contributed by atoms with Crippen LogP contribution in [0, 0.1) is 5.82 Å². The molecule has 0 bridgehead atoms. The molecule has 0 heterocycles. The van der Waals surface area contributed by atoms with E-state index in [4.69, 9.17) is 20.3 Å². The molecule has 1 aromatic carbocycles. The highest BCUT2D eigenvalue weighted by Gasteiger charge is 2.18. The summed E-state index contributed by atoms with van der Waals surface area (Å²) in [5, 5.41) is 8.66. The third kappa shape index (κ3) is 3.07. The zero-order valence-electron chi connectivity index (χ0n) is 9.57. The Labute approximate surface area is 97.9 Å². The largest absolute Gasteiger partial charge is 0.496 e. The second-order valence-corrected chi connectivity index (χ2v) is 3.43. The molecule has 1 unspecified atom stereocenters. The number of carboxylic acid groups (broad SMARTS) is 1. The highest BCUT2D eigenvalue weighted by molar-refractivity contribution is 5.68. The van der Waals surface area contributed by atoms with Crippen LogP contribution in [-0.2, 0) is 4.79 Å². The van der Waals surface area contributed by atoms with Crippen LogP contribution in [0.4, 0.5) is 4.39 Å². The van der Waals surface area contributed by atoms with Crippen LogP contribution in [-0.4, -0.2) is 25.3 Å². The van der Waals surface area contributed by atoms with E-state index in [0.717, 1.165) is 6.07 Å². The number of aliphatic carboxylic acids is 1. The van der Waals surface area contributed by atoms with Crippen LogP contribution >= 0.6 is 0 Å². The lowest BCUT2D eigenvalue weighted by atomic mass is 10.0. The first-order valence-corrected chi connectivity index (χ1v) is 4.88. The first-order chi connectivity index (χ1) is 7.99. The van der Waals surface area contributed by atoms with E-state index in [2.05, 4.69) is 0 Å². The summed E-state index contributed by atoms with van der Waals surface area (Å²) < 4.78 is 23.1. The maximum absolute atomic E-state index is 13.4. The van der Waals surface area contributed by atoms with Gasteiger partial charge in [0.25, 0.3) is 0 Å². The Morgan fingerprint density at radius 3 is 2.47 bits per heavy atom. The van der Waals surface area contributed by atoms with Gasteiger partial charge in [-0.2, -0.15) is 0 Å². The van der Waals surface area contributed by atoms with E-state index in [1.54, 1.807) is 0 Å². The fraction of sp³-hybridized carbons (Fsp3) is 0.364. The average Bonchev–Trinajstić information content (AvgIpc) is 2.27. The summed E-state index contributed by atoms with van der Waals surface area (Å²) >= 11 is 0. The van der Waals surface area contributed by atoms with Gasteiger partial charge in [-0.25, -0.2) is 4.39 Å². The molecular formula is C11H14FNO4. The molecule has 0 aliphatic carbocycles. The molecule has 17 heavy (non-hydrogen) atoms. The zero-order chi connectivity index (χ0) is 13.0. The SMILES string of the molecule is COc1cc(C(N)CC(=O)O)c(OC)cc1F. The number of benzene rings is 1. The minimum Gasteiger partial charge on any atom is -0.496 e. The Morgan fingerprint density at radius 1 is 1.41 bits per heavy atom. The van der Waals surface area contributed by atoms with Gasteiger partial charge in [-0.05, 0) is 6.07 Å². The van der Waals surface area contributed by atoms with Crippen molar-refractivity contribution in [3.8, 4) is 11.5 Å². The van der Waals surface area contributed by atoms with Gasteiger partial charge in [0.1, 0.15) is 5.75 Å². The molecule has 0 saturated heterocycles. The second-order valence-electron chi connectivity index (χ2n) is 3.43. The van der Waals surface area contributed by atoms with Crippen molar-refractivity contribution in [1.82, 2.24) is 0 Å². The molecule has 3 N–H and O–H groups in total. The predicted octanol–water partition coefficient (Wildman–Crippen LogP) is 1.32. The molecule has 0 amide bonds. The summed E-state index contributed by atoms with van der Waals surface area (Å²) in [6.45, 7) is 0. The Morgan fingerprint density at radius 2 is 2.00 bits per heavy atom. The third-order valence-electron chi connectivity index (χ3n) is 2.30. The smallest absolute Gasteiger partial charge is 0.305 e. The summed E-state index contributed by atoms with van der Waals surface area (Å²) in [5.41, 5.74) is 6.10. The van der Waals surface area contributed by atoms with Crippen molar-refractivity contribution in [2.75, 3.05) is 14.2 Å². The number of hydrogen-bond donors (Lipinski definition) is 2. The number of rotatable bonds is 5. The first-order valence-electron chi connectivity index (χ1n) is 4.88. The lowest BCUT2D eigenvalue weighted by Crippen LogP contribution is -2.16. The molecule has 0 spiro atoms. The summed E-state index contributed by atoms with van der Waals surface area (Å²) in [4.78, 5) is 10.6. The third-order valence-corrected chi connectivity index (χ3v) is 2.30. The van der Waals surface area contributed by atoms with E-state index < -0.39 is 17.8 Å². The van der Waals surface area contributed by atoms with Crippen molar-refractivity contribution in [2.24, 2.45) is 5.73 Å². The van der Waals surface area contributed by atoms with Crippen molar-refractivity contribution in [3.05, 3.63) is 23.5 Å². The average molecular weight is 243 g/mol. The summed E-state index contributed by atoms with van der Waals surface area (Å²) in [6, 6.07) is 1.69. The van der Waals surface area contributed by atoms with Crippen molar-refractivity contribution in [3.63, 3.8) is 0 Å². The minimum absolute atomic E-state index is 0.00152. The quantitative estimate of drug-likeness (QED) is 0.815. The Kier molecular flexibility index (Phi) is 4.28. The molecule has 0 saturated carbocycles. The Hall–Kier alpha value is -1.82. The highest BCUT2D eigenvalue weighted by atomic mass is 19.1. The fourth-order valence-electron chi connectivity index (χ4n) is 1.47. The molecule has 5 nitrogen and oxygen atoms in total. The van der Waals surface area contributed by atoms with Crippen molar-refractivity contribution >= 4 is 5.97 Å². The molecule has 1 aromatic rings. The zero-order valence-corrected chi connectivity index (χ0v) is 9.57. The van der Waals surface area contributed by atoms with E-state index in [-0.39, 0.29) is 17.9 Å². The number of halogens is 1. The fourth-order valence-corrected chi connectivity index (χ4v) is 1.47. The molecular weight excluding hydrogens is 229 g/mol. The molecule has 0 aliphatic rings. The standard InChI is InChI=1S/C11H14FNO4/c1-16-9-4-7(12)10(17-2)3-6(9)8(13)5-11(14)15/h3-4,8H,5,13H2,1-2H3,(H,14,15). The van der Waals surface area contributed by atoms with E-state index in [1.165, 1.54) is 20.3 Å². The van der Waals surface area contributed by atoms with Crippen LogP contribution in [0.25, 0.3) is 0 Å². The van der Waals surface area contributed by atoms with Gasteiger partial charge in [-0.15, -0.1) is 0 Å². The molecule has 1 rings (SSSR count). The van der Waals surface area contributed by atoms with Crippen LogP contribution in [0.3, 0.4) is 0 Å². The Balaban J connectivity index is 3.15. The van der Waals surface area contributed by atoms with Crippen LogP contribution in [0.5, 0.6) is 11.5 Å². The normalized spacial score (nSPS) is 12.0. The van der Waals surface area contributed by atoms with E-state index >= 15 is 0 Å². The maximum Gasteiger partial charge on any atom is 0.305 e. The summed E-state index contributed by atoms with van der Waals surface area (Å²) in [5.74, 6) is -1.42. The molecule has 0 fully saturated rings. The topological polar surface area (TPSA) is 81.8 Å². The Bertz CT molecular complexity index is 422. The van der Waals surface area contributed by atoms with Gasteiger partial charge < -0.3 is 20.3 Å². The van der Waals surface area contributed by atoms with Crippen LogP contribution in [0.1, 0.15) is 18.0 Å². The van der Waals surface area contributed by atoms with E-state index in [0.29, 0.717) is 5.56 Å². The highest BCUT2D eigenvalue weighted by Crippen LogP contribution is 2.32. The van der Waals surface area contributed by atoms with Gasteiger partial charge in [-0.1, -0.05) is 0 Å². The lowest BCUT2D eigenvalue weighted by Gasteiger charge is -2.15. The second kappa shape index (κ2) is 5.49. The molecule has 0 aromatic heterocycles. The number of hydrogen-bond acceptors (Lipinski definition) is 4. The molecule has 0 radical (unpaired) electrons. The van der Waals surface area contributed by atoms with Crippen LogP contribution < -0.4 is 15.2 Å². The molecule has 6 heteroatoms. The van der Waals surface area contributed by atoms with Gasteiger partial charge in [0.15, 0.2) is 11.6 Å². The van der Waals surface area contributed by atoms with Crippen molar-refractivity contribution in [2.45, 2.75) is 12.5 Å². The minimum atomic E-state index is -1.04. The van der Waals surface area contributed by atoms with Gasteiger partial charge in [0, 0.05) is 17.7 Å². The van der Waals surface area contributed by atoms with Crippen LogP contribution in [0.15, 0.2) is 12.1 Å². The van der Waals surface area contributed by atoms with Crippen molar-refractivity contribution in [1.29, 1.82) is 0 Å².